The van der Waals surface area contributed by atoms with Crippen molar-refractivity contribution in [2.45, 2.75) is 19.9 Å². The standard InChI is InChI=1S/C12H17NO3/c1-4-13-9(2)5-6-10-7-8-11(16-10)12(14)15-3/h5-9,13H,4H2,1-3H3/b6-5+. The van der Waals surface area contributed by atoms with Crippen LogP contribution in [-0.4, -0.2) is 25.7 Å². The van der Waals surface area contributed by atoms with E-state index < -0.39 is 5.97 Å². The van der Waals surface area contributed by atoms with Gasteiger partial charge in [0.25, 0.3) is 0 Å². The fourth-order valence-electron chi connectivity index (χ4n) is 1.28. The van der Waals surface area contributed by atoms with Crippen LogP contribution in [0, 0.1) is 0 Å². The van der Waals surface area contributed by atoms with Crippen LogP contribution in [0.5, 0.6) is 0 Å². The van der Waals surface area contributed by atoms with Gasteiger partial charge in [-0.1, -0.05) is 13.0 Å². The van der Waals surface area contributed by atoms with Crippen LogP contribution in [0.4, 0.5) is 0 Å². The molecule has 1 unspecified atom stereocenters. The lowest BCUT2D eigenvalue weighted by Gasteiger charge is -2.04. The van der Waals surface area contributed by atoms with Gasteiger partial charge in [0.05, 0.1) is 7.11 Å². The largest absolute Gasteiger partial charge is 0.463 e. The minimum Gasteiger partial charge on any atom is -0.463 e. The van der Waals surface area contributed by atoms with Gasteiger partial charge >= 0.3 is 5.97 Å². The summed E-state index contributed by atoms with van der Waals surface area (Å²) in [6.07, 6.45) is 3.81. The molecule has 1 heterocycles. The van der Waals surface area contributed by atoms with E-state index in [1.54, 1.807) is 12.1 Å². The number of hydrogen-bond acceptors (Lipinski definition) is 4. The second-order valence-corrected chi connectivity index (χ2v) is 3.40. The SMILES string of the molecule is CCNC(C)/C=C/c1ccc(C(=O)OC)o1. The van der Waals surface area contributed by atoms with Crippen molar-refractivity contribution in [2.75, 3.05) is 13.7 Å². The number of rotatable bonds is 5. The van der Waals surface area contributed by atoms with Crippen LogP contribution in [0.2, 0.25) is 0 Å². The lowest BCUT2D eigenvalue weighted by Crippen LogP contribution is -2.22. The number of nitrogens with one attached hydrogen (secondary N) is 1. The molecule has 16 heavy (non-hydrogen) atoms. The first-order valence-electron chi connectivity index (χ1n) is 5.27. The summed E-state index contributed by atoms with van der Waals surface area (Å²) in [5.74, 6) is 0.405. The van der Waals surface area contributed by atoms with E-state index in [2.05, 4.69) is 10.1 Å². The van der Waals surface area contributed by atoms with Gasteiger partial charge < -0.3 is 14.5 Å². The quantitative estimate of drug-likeness (QED) is 0.776. The molecule has 0 spiro atoms. The molecule has 0 aromatic carbocycles. The maximum Gasteiger partial charge on any atom is 0.373 e. The Morgan fingerprint density at radius 3 is 3.00 bits per heavy atom. The minimum absolute atomic E-state index is 0.221. The van der Waals surface area contributed by atoms with Crippen LogP contribution in [0.3, 0.4) is 0 Å². The number of hydrogen-bond donors (Lipinski definition) is 1. The summed E-state index contributed by atoms with van der Waals surface area (Å²) in [5.41, 5.74) is 0. The van der Waals surface area contributed by atoms with Gasteiger partial charge in [0.15, 0.2) is 0 Å². The molecule has 0 radical (unpaired) electrons. The molecule has 4 nitrogen and oxygen atoms in total. The Labute approximate surface area is 95.3 Å². The molecule has 0 fully saturated rings. The molecule has 0 saturated heterocycles. The summed E-state index contributed by atoms with van der Waals surface area (Å²) in [5, 5.41) is 3.24. The zero-order chi connectivity index (χ0) is 12.0. The molecule has 0 aliphatic rings. The molecule has 1 N–H and O–H groups in total. The van der Waals surface area contributed by atoms with Gasteiger partial charge in [-0.05, 0) is 31.7 Å². The van der Waals surface area contributed by atoms with E-state index in [9.17, 15) is 4.79 Å². The van der Waals surface area contributed by atoms with Gasteiger partial charge in [0.2, 0.25) is 5.76 Å². The van der Waals surface area contributed by atoms with Crippen molar-refractivity contribution in [2.24, 2.45) is 0 Å². The lowest BCUT2D eigenvalue weighted by molar-refractivity contribution is 0.0564. The van der Waals surface area contributed by atoms with Crippen LogP contribution < -0.4 is 5.32 Å². The predicted octanol–water partition coefficient (Wildman–Crippen LogP) is 2.08. The summed E-state index contributed by atoms with van der Waals surface area (Å²) in [7, 11) is 1.33. The Balaban J connectivity index is 2.61. The minimum atomic E-state index is -0.459. The summed E-state index contributed by atoms with van der Waals surface area (Å²) < 4.78 is 9.82. The van der Waals surface area contributed by atoms with Crippen LogP contribution in [0.25, 0.3) is 6.08 Å². The first-order valence-corrected chi connectivity index (χ1v) is 5.27. The fourth-order valence-corrected chi connectivity index (χ4v) is 1.28. The average Bonchev–Trinajstić information content (AvgIpc) is 2.74. The van der Waals surface area contributed by atoms with E-state index in [4.69, 9.17) is 4.42 Å². The van der Waals surface area contributed by atoms with Gasteiger partial charge in [0, 0.05) is 6.04 Å². The number of esters is 1. The number of furan rings is 1. The lowest BCUT2D eigenvalue weighted by atomic mass is 10.3. The Bertz CT molecular complexity index is 368. The Hall–Kier alpha value is -1.55. The number of methoxy groups -OCH3 is 1. The van der Waals surface area contributed by atoms with Crippen molar-refractivity contribution < 1.29 is 13.9 Å². The molecular formula is C12H17NO3. The van der Waals surface area contributed by atoms with Gasteiger partial charge in [0.1, 0.15) is 5.76 Å². The molecule has 1 atom stereocenters. The maximum atomic E-state index is 11.1. The van der Waals surface area contributed by atoms with Crippen molar-refractivity contribution in [1.29, 1.82) is 0 Å². The van der Waals surface area contributed by atoms with Crippen molar-refractivity contribution in [3.05, 3.63) is 29.7 Å². The molecule has 4 heteroatoms. The first kappa shape index (κ1) is 12.5. The molecule has 1 aromatic heterocycles. The Morgan fingerprint density at radius 1 is 1.62 bits per heavy atom. The zero-order valence-electron chi connectivity index (χ0n) is 9.82. The maximum absolute atomic E-state index is 11.1. The van der Waals surface area contributed by atoms with Crippen molar-refractivity contribution in [1.82, 2.24) is 5.32 Å². The molecular weight excluding hydrogens is 206 g/mol. The molecule has 1 aromatic rings. The van der Waals surface area contributed by atoms with Gasteiger partial charge in [-0.25, -0.2) is 4.79 Å². The Kier molecular flexibility index (Phi) is 4.79. The van der Waals surface area contributed by atoms with Gasteiger partial charge in [-0.3, -0.25) is 0 Å². The monoisotopic (exact) mass is 223 g/mol. The molecule has 0 saturated carbocycles. The van der Waals surface area contributed by atoms with Crippen LogP contribution >= 0.6 is 0 Å². The average molecular weight is 223 g/mol. The van der Waals surface area contributed by atoms with Crippen LogP contribution in [-0.2, 0) is 4.74 Å². The third-order valence-electron chi connectivity index (χ3n) is 2.09. The number of carbonyl (C=O) groups excluding carboxylic acids is 1. The summed E-state index contributed by atoms with van der Waals surface area (Å²) in [6, 6.07) is 3.61. The molecule has 88 valence electrons. The van der Waals surface area contributed by atoms with Gasteiger partial charge in [-0.2, -0.15) is 0 Å². The normalized spacial score (nSPS) is 12.9. The zero-order valence-corrected chi connectivity index (χ0v) is 9.82. The van der Waals surface area contributed by atoms with Crippen molar-refractivity contribution in [3.8, 4) is 0 Å². The second kappa shape index (κ2) is 6.12. The molecule has 1 rings (SSSR count). The highest BCUT2D eigenvalue weighted by Gasteiger charge is 2.09. The van der Waals surface area contributed by atoms with Crippen molar-refractivity contribution >= 4 is 12.0 Å². The second-order valence-electron chi connectivity index (χ2n) is 3.40. The molecule has 0 aliphatic carbocycles. The fraction of sp³-hybridized carbons (Fsp3) is 0.417. The smallest absolute Gasteiger partial charge is 0.373 e. The van der Waals surface area contributed by atoms with E-state index in [-0.39, 0.29) is 11.8 Å². The molecule has 0 bridgehead atoms. The predicted molar refractivity (Wildman–Crippen MR) is 62.2 cm³/mol. The molecule has 0 amide bonds. The van der Waals surface area contributed by atoms with E-state index in [0.29, 0.717) is 5.76 Å². The highest BCUT2D eigenvalue weighted by atomic mass is 16.5. The third kappa shape index (κ3) is 3.55. The van der Waals surface area contributed by atoms with E-state index >= 15 is 0 Å². The highest BCUT2D eigenvalue weighted by molar-refractivity contribution is 5.86. The van der Waals surface area contributed by atoms with Crippen LogP contribution in [0.15, 0.2) is 22.6 Å². The van der Waals surface area contributed by atoms with E-state index in [0.717, 1.165) is 6.54 Å². The van der Waals surface area contributed by atoms with E-state index in [1.807, 2.05) is 26.0 Å². The van der Waals surface area contributed by atoms with Gasteiger partial charge in [-0.15, -0.1) is 0 Å². The highest BCUT2D eigenvalue weighted by Crippen LogP contribution is 2.10. The third-order valence-corrected chi connectivity index (χ3v) is 2.09. The first-order chi connectivity index (χ1) is 7.67. The summed E-state index contributed by atoms with van der Waals surface area (Å²) >= 11 is 0. The number of likely N-dealkylation sites (N-methyl/N-ethyl adjacent to an activating group) is 1. The van der Waals surface area contributed by atoms with Crippen LogP contribution in [0.1, 0.15) is 30.2 Å². The topological polar surface area (TPSA) is 51.5 Å². The summed E-state index contributed by atoms with van der Waals surface area (Å²) in [4.78, 5) is 11.1. The number of ether oxygens (including phenoxy) is 1. The number of carbonyl (C=O) groups is 1. The van der Waals surface area contributed by atoms with E-state index in [1.165, 1.54) is 7.11 Å². The Morgan fingerprint density at radius 2 is 2.38 bits per heavy atom. The summed E-state index contributed by atoms with van der Waals surface area (Å²) in [6.45, 7) is 5.01. The molecule has 0 aliphatic heterocycles. The van der Waals surface area contributed by atoms with Crippen molar-refractivity contribution in [3.63, 3.8) is 0 Å².